The number of halogens is 2. The van der Waals surface area contributed by atoms with Gasteiger partial charge in [0, 0.05) is 22.8 Å². The molecule has 1 nitrogen and oxygen atoms in total. The molecule has 0 bridgehead atoms. The number of hydrogen-bond donors (Lipinski definition) is 1. The first-order valence-electron chi connectivity index (χ1n) is 7.06. The maximum Gasteiger partial charge on any atom is 0.126 e. The fraction of sp³-hybridized carbons (Fsp3) is 0.294. The summed E-state index contributed by atoms with van der Waals surface area (Å²) in [5.74, 6) is -0.330. The molecule has 0 saturated carbocycles. The Morgan fingerprint density at radius 3 is 2.33 bits per heavy atom. The lowest BCUT2D eigenvalue weighted by molar-refractivity contribution is 0.548. The molecular weight excluding hydrogens is 288 g/mol. The third-order valence-corrected chi connectivity index (χ3v) is 4.19. The highest BCUT2D eigenvalue weighted by molar-refractivity contribution is 7.99. The van der Waals surface area contributed by atoms with Gasteiger partial charge in [-0.15, -0.1) is 11.8 Å². The van der Waals surface area contributed by atoms with Crippen molar-refractivity contribution in [2.45, 2.75) is 24.3 Å². The second kappa shape index (κ2) is 8.15. The first kappa shape index (κ1) is 16.0. The van der Waals surface area contributed by atoms with Crippen molar-refractivity contribution in [1.29, 1.82) is 0 Å². The number of nitrogens with one attached hydrogen (secondary N) is 1. The van der Waals surface area contributed by atoms with Gasteiger partial charge in [-0.05, 0) is 42.8 Å². The highest BCUT2D eigenvalue weighted by atomic mass is 32.2. The Kier molecular flexibility index (Phi) is 6.21. The van der Waals surface area contributed by atoms with Gasteiger partial charge in [-0.2, -0.15) is 0 Å². The van der Waals surface area contributed by atoms with Gasteiger partial charge in [-0.3, -0.25) is 0 Å². The lowest BCUT2D eigenvalue weighted by Gasteiger charge is -2.19. The Morgan fingerprint density at radius 1 is 1.05 bits per heavy atom. The Morgan fingerprint density at radius 2 is 1.71 bits per heavy atom. The number of rotatable bonds is 7. The molecule has 1 unspecified atom stereocenters. The quantitative estimate of drug-likeness (QED) is 0.738. The minimum absolute atomic E-state index is 0.0691. The van der Waals surface area contributed by atoms with E-state index in [-0.39, 0.29) is 6.04 Å². The molecule has 2 rings (SSSR count). The molecule has 112 valence electrons. The minimum atomic E-state index is -0.530. The maximum absolute atomic E-state index is 13.4. The predicted molar refractivity (Wildman–Crippen MR) is 84.6 cm³/mol. The van der Waals surface area contributed by atoms with Gasteiger partial charge in [0.15, 0.2) is 0 Å². The van der Waals surface area contributed by atoms with Gasteiger partial charge in [0.25, 0.3) is 0 Å². The van der Waals surface area contributed by atoms with Crippen molar-refractivity contribution in [3.05, 3.63) is 65.7 Å². The number of benzene rings is 2. The van der Waals surface area contributed by atoms with Gasteiger partial charge in [0.1, 0.15) is 11.6 Å². The van der Waals surface area contributed by atoms with Crippen LogP contribution >= 0.6 is 11.8 Å². The fourth-order valence-corrected chi connectivity index (χ4v) is 3.08. The molecule has 0 spiro atoms. The molecular formula is C17H19F2NS. The van der Waals surface area contributed by atoms with E-state index in [0.29, 0.717) is 5.56 Å². The predicted octanol–water partition coefficient (Wildman–Crippen LogP) is 4.80. The molecule has 2 aromatic rings. The van der Waals surface area contributed by atoms with Gasteiger partial charge < -0.3 is 5.32 Å². The van der Waals surface area contributed by atoms with E-state index in [1.807, 2.05) is 30.3 Å². The van der Waals surface area contributed by atoms with Crippen LogP contribution in [0.1, 0.15) is 24.9 Å². The van der Waals surface area contributed by atoms with Crippen LogP contribution in [0.3, 0.4) is 0 Å². The zero-order chi connectivity index (χ0) is 15.1. The normalized spacial score (nSPS) is 12.3. The van der Waals surface area contributed by atoms with Crippen LogP contribution in [0.5, 0.6) is 0 Å². The fourth-order valence-electron chi connectivity index (χ4n) is 2.06. The third-order valence-electron chi connectivity index (χ3n) is 3.09. The smallest absolute Gasteiger partial charge is 0.126 e. The van der Waals surface area contributed by atoms with Gasteiger partial charge >= 0.3 is 0 Å². The second-order valence-electron chi connectivity index (χ2n) is 4.83. The van der Waals surface area contributed by atoms with Crippen LogP contribution in [0.15, 0.2) is 53.4 Å². The lowest BCUT2D eigenvalue weighted by atomic mass is 10.1. The van der Waals surface area contributed by atoms with E-state index in [9.17, 15) is 8.78 Å². The van der Waals surface area contributed by atoms with Crippen molar-refractivity contribution in [2.24, 2.45) is 0 Å². The van der Waals surface area contributed by atoms with Crippen LogP contribution in [0.25, 0.3) is 0 Å². The summed E-state index contributed by atoms with van der Waals surface area (Å²) >= 11 is 1.68. The molecule has 1 atom stereocenters. The molecule has 4 heteroatoms. The van der Waals surface area contributed by atoms with Crippen LogP contribution in [0, 0.1) is 11.6 Å². The Hall–Kier alpha value is -1.39. The van der Waals surface area contributed by atoms with E-state index in [4.69, 9.17) is 0 Å². The molecule has 0 radical (unpaired) electrons. The van der Waals surface area contributed by atoms with Gasteiger partial charge in [-0.25, -0.2) is 8.78 Å². The van der Waals surface area contributed by atoms with E-state index < -0.39 is 11.6 Å². The SMILES string of the molecule is CCCNC(CSc1ccccc1)c1cc(F)cc(F)c1. The van der Waals surface area contributed by atoms with Gasteiger partial charge in [0.05, 0.1) is 0 Å². The summed E-state index contributed by atoms with van der Waals surface area (Å²) in [6, 6.07) is 13.7. The van der Waals surface area contributed by atoms with Crippen molar-refractivity contribution in [2.75, 3.05) is 12.3 Å². The van der Waals surface area contributed by atoms with E-state index in [2.05, 4.69) is 12.2 Å². The first-order valence-corrected chi connectivity index (χ1v) is 8.05. The molecule has 0 aromatic heterocycles. The van der Waals surface area contributed by atoms with E-state index in [1.54, 1.807) is 11.8 Å². The summed E-state index contributed by atoms with van der Waals surface area (Å²) in [6.45, 7) is 2.89. The molecule has 0 amide bonds. The highest BCUT2D eigenvalue weighted by Gasteiger charge is 2.13. The Bertz CT molecular complexity index is 540. The topological polar surface area (TPSA) is 12.0 Å². The van der Waals surface area contributed by atoms with Gasteiger partial charge in [-0.1, -0.05) is 25.1 Å². The highest BCUT2D eigenvalue weighted by Crippen LogP contribution is 2.25. The van der Waals surface area contributed by atoms with Gasteiger partial charge in [0.2, 0.25) is 0 Å². The van der Waals surface area contributed by atoms with Crippen LogP contribution < -0.4 is 5.32 Å². The first-order chi connectivity index (χ1) is 10.2. The summed E-state index contributed by atoms with van der Waals surface area (Å²) in [4.78, 5) is 1.15. The average Bonchev–Trinajstić information content (AvgIpc) is 2.47. The van der Waals surface area contributed by atoms with Crippen LogP contribution in [0.4, 0.5) is 8.78 Å². The molecule has 0 fully saturated rings. The summed E-state index contributed by atoms with van der Waals surface area (Å²) < 4.78 is 26.8. The Balaban J connectivity index is 2.10. The molecule has 0 aliphatic rings. The standard InChI is InChI=1S/C17H19F2NS/c1-2-8-20-17(12-21-16-6-4-3-5-7-16)13-9-14(18)11-15(19)10-13/h3-7,9-11,17,20H,2,8,12H2,1H3. The summed E-state index contributed by atoms with van der Waals surface area (Å²) in [7, 11) is 0. The summed E-state index contributed by atoms with van der Waals surface area (Å²) in [5, 5.41) is 3.36. The zero-order valence-corrected chi connectivity index (χ0v) is 12.8. The average molecular weight is 307 g/mol. The summed E-state index contributed by atoms with van der Waals surface area (Å²) in [6.07, 6.45) is 0.976. The van der Waals surface area contributed by atoms with Crippen LogP contribution in [-0.2, 0) is 0 Å². The second-order valence-corrected chi connectivity index (χ2v) is 5.93. The zero-order valence-electron chi connectivity index (χ0n) is 12.0. The molecule has 21 heavy (non-hydrogen) atoms. The molecule has 0 aliphatic heterocycles. The largest absolute Gasteiger partial charge is 0.309 e. The van der Waals surface area contributed by atoms with E-state index in [0.717, 1.165) is 29.7 Å². The third kappa shape index (κ3) is 5.14. The number of thioether (sulfide) groups is 1. The van der Waals surface area contributed by atoms with Crippen molar-refractivity contribution < 1.29 is 8.78 Å². The number of hydrogen-bond acceptors (Lipinski definition) is 2. The van der Waals surface area contributed by atoms with E-state index >= 15 is 0 Å². The molecule has 0 saturated heterocycles. The van der Waals surface area contributed by atoms with Crippen molar-refractivity contribution in [3.8, 4) is 0 Å². The van der Waals surface area contributed by atoms with Crippen molar-refractivity contribution in [1.82, 2.24) is 5.32 Å². The van der Waals surface area contributed by atoms with Crippen molar-refractivity contribution >= 4 is 11.8 Å². The molecule has 1 N–H and O–H groups in total. The van der Waals surface area contributed by atoms with Crippen LogP contribution in [-0.4, -0.2) is 12.3 Å². The minimum Gasteiger partial charge on any atom is -0.309 e. The molecule has 2 aromatic carbocycles. The maximum atomic E-state index is 13.4. The van der Waals surface area contributed by atoms with Crippen LogP contribution in [0.2, 0.25) is 0 Å². The summed E-state index contributed by atoms with van der Waals surface area (Å²) in [5.41, 5.74) is 0.657. The Labute approximate surface area is 128 Å². The van der Waals surface area contributed by atoms with E-state index in [1.165, 1.54) is 12.1 Å². The molecule has 0 heterocycles. The van der Waals surface area contributed by atoms with Crippen molar-refractivity contribution in [3.63, 3.8) is 0 Å². The lowest BCUT2D eigenvalue weighted by Crippen LogP contribution is -2.24. The molecule has 0 aliphatic carbocycles. The monoisotopic (exact) mass is 307 g/mol.